The highest BCUT2D eigenvalue weighted by Gasteiger charge is 2.16. The van der Waals surface area contributed by atoms with E-state index < -0.39 is 9.84 Å². The summed E-state index contributed by atoms with van der Waals surface area (Å²) in [6.07, 6.45) is 0. The normalized spacial score (nSPS) is 12.6. The molecule has 0 saturated carbocycles. The Balaban J connectivity index is 2.06. The maximum absolute atomic E-state index is 12.3. The van der Waals surface area contributed by atoms with Gasteiger partial charge in [0, 0.05) is 15.1 Å². The smallest absolute Gasteiger partial charge is 0.237 e. The molecule has 2 aromatic rings. The number of carbonyl (C=O) groups excluding carboxylic acids is 1. The van der Waals surface area contributed by atoms with Crippen LogP contribution in [0.3, 0.4) is 0 Å². The van der Waals surface area contributed by atoms with Crippen molar-refractivity contribution in [3.63, 3.8) is 0 Å². The van der Waals surface area contributed by atoms with Gasteiger partial charge in [-0.25, -0.2) is 8.42 Å². The summed E-state index contributed by atoms with van der Waals surface area (Å²) >= 11 is 4.82. The predicted octanol–water partition coefficient (Wildman–Crippen LogP) is 4.36. The molecule has 0 radical (unpaired) electrons. The van der Waals surface area contributed by atoms with Crippen LogP contribution in [0.25, 0.3) is 0 Å². The maximum atomic E-state index is 12.3. The molecule has 128 valence electrons. The molecule has 0 spiro atoms. The Kier molecular flexibility index (Phi) is 6.48. The zero-order valence-corrected chi connectivity index (χ0v) is 16.5. The number of sulfone groups is 1. The van der Waals surface area contributed by atoms with Gasteiger partial charge < -0.3 is 5.32 Å². The fourth-order valence-electron chi connectivity index (χ4n) is 1.95. The molecule has 7 heteroatoms. The number of thioether (sulfide) groups is 1. The van der Waals surface area contributed by atoms with Crippen LogP contribution in [-0.2, 0) is 14.6 Å². The third kappa shape index (κ3) is 5.09. The van der Waals surface area contributed by atoms with E-state index in [0.717, 1.165) is 9.37 Å². The molecular weight excluding hydrogens is 410 g/mol. The van der Waals surface area contributed by atoms with Crippen molar-refractivity contribution in [1.29, 1.82) is 0 Å². The highest BCUT2D eigenvalue weighted by Crippen LogP contribution is 2.26. The minimum absolute atomic E-state index is 0.0280. The molecule has 0 heterocycles. The first-order chi connectivity index (χ1) is 11.3. The van der Waals surface area contributed by atoms with Gasteiger partial charge in [-0.2, -0.15) is 0 Å². The van der Waals surface area contributed by atoms with Gasteiger partial charge in [-0.3, -0.25) is 4.79 Å². The molecule has 0 aromatic heterocycles. The van der Waals surface area contributed by atoms with Crippen LogP contribution < -0.4 is 5.32 Å². The second kappa shape index (κ2) is 8.18. The summed E-state index contributed by atoms with van der Waals surface area (Å²) in [5.74, 6) is -0.144. The van der Waals surface area contributed by atoms with Crippen molar-refractivity contribution in [3.8, 4) is 0 Å². The first-order valence-electron chi connectivity index (χ1n) is 7.37. The fourth-order valence-corrected chi connectivity index (χ4v) is 4.01. The number of carbonyl (C=O) groups is 1. The summed E-state index contributed by atoms with van der Waals surface area (Å²) in [6.45, 7) is 3.41. The summed E-state index contributed by atoms with van der Waals surface area (Å²) in [5, 5.41) is 2.47. The number of benzene rings is 2. The van der Waals surface area contributed by atoms with Crippen molar-refractivity contribution in [1.82, 2.24) is 0 Å². The minimum atomic E-state index is -3.29. The van der Waals surface area contributed by atoms with Gasteiger partial charge >= 0.3 is 0 Å². The molecule has 0 saturated heterocycles. The minimum Gasteiger partial charge on any atom is -0.325 e. The van der Waals surface area contributed by atoms with Crippen molar-refractivity contribution in [3.05, 3.63) is 53.0 Å². The lowest BCUT2D eigenvalue weighted by molar-refractivity contribution is -0.115. The average Bonchev–Trinajstić information content (AvgIpc) is 2.57. The fraction of sp³-hybridized carbons (Fsp3) is 0.235. The second-order valence-corrected chi connectivity index (χ2v) is 9.74. The van der Waals surface area contributed by atoms with E-state index in [1.54, 1.807) is 19.1 Å². The van der Waals surface area contributed by atoms with Gasteiger partial charge in [-0.1, -0.05) is 28.9 Å². The molecule has 2 rings (SSSR count). The number of amides is 1. The first-order valence-corrected chi connectivity index (χ1v) is 10.7. The van der Waals surface area contributed by atoms with Crippen molar-refractivity contribution in [2.75, 3.05) is 11.1 Å². The van der Waals surface area contributed by atoms with Gasteiger partial charge in [-0.05, 0) is 49.4 Å². The molecule has 4 nitrogen and oxygen atoms in total. The Morgan fingerprint density at radius 2 is 1.88 bits per heavy atom. The monoisotopic (exact) mass is 427 g/mol. The van der Waals surface area contributed by atoms with E-state index in [9.17, 15) is 13.2 Å². The summed E-state index contributed by atoms with van der Waals surface area (Å²) in [7, 11) is -3.29. The van der Waals surface area contributed by atoms with Gasteiger partial charge in [0.1, 0.15) is 0 Å². The van der Waals surface area contributed by atoms with E-state index >= 15 is 0 Å². The molecule has 0 bridgehead atoms. The van der Waals surface area contributed by atoms with E-state index in [1.165, 1.54) is 23.9 Å². The van der Waals surface area contributed by atoms with E-state index in [4.69, 9.17) is 0 Å². The zero-order chi connectivity index (χ0) is 17.7. The van der Waals surface area contributed by atoms with E-state index in [-0.39, 0.29) is 21.8 Å². The van der Waals surface area contributed by atoms with Crippen LogP contribution in [0.2, 0.25) is 0 Å². The largest absolute Gasteiger partial charge is 0.325 e. The quantitative estimate of drug-likeness (QED) is 0.695. The topological polar surface area (TPSA) is 63.2 Å². The molecule has 1 amide bonds. The molecule has 0 aliphatic rings. The van der Waals surface area contributed by atoms with Gasteiger partial charge in [0.15, 0.2) is 9.84 Å². The van der Waals surface area contributed by atoms with Crippen molar-refractivity contribution in [2.24, 2.45) is 0 Å². The molecular formula is C17H18BrNO3S2. The molecule has 0 aliphatic carbocycles. The highest BCUT2D eigenvalue weighted by atomic mass is 79.9. The lowest BCUT2D eigenvalue weighted by atomic mass is 10.3. The number of anilines is 1. The molecule has 1 N–H and O–H groups in total. The zero-order valence-electron chi connectivity index (χ0n) is 13.3. The maximum Gasteiger partial charge on any atom is 0.237 e. The number of rotatable bonds is 6. The Morgan fingerprint density at radius 1 is 1.21 bits per heavy atom. The predicted molar refractivity (Wildman–Crippen MR) is 102 cm³/mol. The van der Waals surface area contributed by atoms with E-state index in [0.29, 0.717) is 5.69 Å². The third-order valence-electron chi connectivity index (χ3n) is 3.34. The van der Waals surface area contributed by atoms with E-state index in [2.05, 4.69) is 21.2 Å². The standard InChI is InChI=1S/C17H18BrNO3S2/c1-3-24(21,22)16-6-4-5-14(11-16)19-17(20)12(2)23-15-9-7-13(18)8-10-15/h4-12H,3H2,1-2H3,(H,19,20). The number of hydrogen-bond donors (Lipinski definition) is 1. The summed E-state index contributed by atoms with van der Waals surface area (Å²) in [5.41, 5.74) is 0.484. The Labute approximate surface area is 155 Å². The number of halogens is 1. The summed E-state index contributed by atoms with van der Waals surface area (Å²) in [4.78, 5) is 13.5. The molecule has 0 fully saturated rings. The van der Waals surface area contributed by atoms with Gasteiger partial charge in [0.05, 0.1) is 15.9 Å². The summed E-state index contributed by atoms with van der Waals surface area (Å²) in [6, 6.07) is 14.1. The average molecular weight is 428 g/mol. The Bertz CT molecular complexity index is 820. The Hall–Kier alpha value is -1.31. The SMILES string of the molecule is CCS(=O)(=O)c1cccc(NC(=O)C(C)Sc2ccc(Br)cc2)c1. The van der Waals surface area contributed by atoms with Crippen LogP contribution >= 0.6 is 27.7 Å². The van der Waals surface area contributed by atoms with Crippen LogP contribution in [0.4, 0.5) is 5.69 Å². The second-order valence-electron chi connectivity index (χ2n) is 5.13. The molecule has 0 aliphatic heterocycles. The third-order valence-corrected chi connectivity index (χ3v) is 6.71. The summed E-state index contributed by atoms with van der Waals surface area (Å²) < 4.78 is 24.8. The highest BCUT2D eigenvalue weighted by molar-refractivity contribution is 9.10. The molecule has 24 heavy (non-hydrogen) atoms. The lowest BCUT2D eigenvalue weighted by Crippen LogP contribution is -2.22. The van der Waals surface area contributed by atoms with E-state index in [1.807, 2.05) is 31.2 Å². The van der Waals surface area contributed by atoms with Crippen molar-refractivity contribution in [2.45, 2.75) is 28.9 Å². The van der Waals surface area contributed by atoms with Crippen molar-refractivity contribution < 1.29 is 13.2 Å². The molecule has 1 unspecified atom stereocenters. The van der Waals surface area contributed by atoms with Gasteiger partial charge in [0.25, 0.3) is 0 Å². The van der Waals surface area contributed by atoms with Crippen LogP contribution in [0.1, 0.15) is 13.8 Å². The first kappa shape index (κ1) is 19.0. The lowest BCUT2D eigenvalue weighted by Gasteiger charge is -2.13. The van der Waals surface area contributed by atoms with Crippen molar-refractivity contribution >= 4 is 49.1 Å². The number of nitrogens with one attached hydrogen (secondary N) is 1. The van der Waals surface area contributed by atoms with Crippen LogP contribution in [0.15, 0.2) is 62.8 Å². The van der Waals surface area contributed by atoms with Crippen LogP contribution in [-0.4, -0.2) is 25.3 Å². The van der Waals surface area contributed by atoms with Gasteiger partial charge in [0.2, 0.25) is 5.91 Å². The van der Waals surface area contributed by atoms with Crippen LogP contribution in [0, 0.1) is 0 Å². The molecule has 2 aromatic carbocycles. The molecule has 1 atom stereocenters. The number of hydrogen-bond acceptors (Lipinski definition) is 4. The van der Waals surface area contributed by atoms with Gasteiger partial charge in [-0.15, -0.1) is 11.8 Å². The van der Waals surface area contributed by atoms with Crippen LogP contribution in [0.5, 0.6) is 0 Å². The Morgan fingerprint density at radius 3 is 2.50 bits per heavy atom.